The molecule has 21 heavy (non-hydrogen) atoms. The summed E-state index contributed by atoms with van der Waals surface area (Å²) in [5, 5.41) is 11.4. The van der Waals surface area contributed by atoms with Crippen LogP contribution in [-0.2, 0) is 22.4 Å². The van der Waals surface area contributed by atoms with Gasteiger partial charge in [-0.2, -0.15) is 0 Å². The van der Waals surface area contributed by atoms with E-state index in [1.54, 1.807) is 12.1 Å². The number of aromatic nitrogens is 1. The van der Waals surface area contributed by atoms with Crippen molar-refractivity contribution in [3.05, 3.63) is 59.4 Å². The van der Waals surface area contributed by atoms with Crippen molar-refractivity contribution >= 4 is 17.6 Å². The molecule has 0 atom stereocenters. The van der Waals surface area contributed by atoms with Crippen LogP contribution in [-0.4, -0.2) is 22.0 Å². The van der Waals surface area contributed by atoms with Gasteiger partial charge in [0, 0.05) is 0 Å². The molecule has 0 unspecified atom stereocenters. The van der Waals surface area contributed by atoms with Crippen LogP contribution >= 0.6 is 0 Å². The SMILES string of the molecule is Cc1cccc(CC(=O)Nc2ccc(CC(=O)O)nc2)c1. The maximum absolute atomic E-state index is 11.9. The van der Waals surface area contributed by atoms with Crippen molar-refractivity contribution in [2.75, 3.05) is 5.32 Å². The molecule has 1 amide bonds. The van der Waals surface area contributed by atoms with Crippen LogP contribution in [0.15, 0.2) is 42.6 Å². The van der Waals surface area contributed by atoms with Crippen molar-refractivity contribution in [1.82, 2.24) is 4.98 Å². The number of carboxylic acid groups (broad SMARTS) is 1. The van der Waals surface area contributed by atoms with E-state index in [1.165, 1.54) is 6.20 Å². The maximum atomic E-state index is 11.9. The second-order valence-electron chi connectivity index (χ2n) is 4.82. The molecule has 2 N–H and O–H groups in total. The van der Waals surface area contributed by atoms with Gasteiger partial charge in [0.05, 0.1) is 30.4 Å². The third-order valence-electron chi connectivity index (χ3n) is 2.89. The van der Waals surface area contributed by atoms with Crippen LogP contribution in [0.3, 0.4) is 0 Å². The lowest BCUT2D eigenvalue weighted by atomic mass is 10.1. The molecule has 0 saturated heterocycles. The van der Waals surface area contributed by atoms with E-state index >= 15 is 0 Å². The number of amides is 1. The summed E-state index contributed by atoms with van der Waals surface area (Å²) in [6, 6.07) is 11.0. The average molecular weight is 284 g/mol. The number of carbonyl (C=O) groups is 2. The Labute approximate surface area is 122 Å². The zero-order valence-corrected chi connectivity index (χ0v) is 11.7. The third kappa shape index (κ3) is 4.72. The first-order valence-electron chi connectivity index (χ1n) is 6.55. The number of anilines is 1. The van der Waals surface area contributed by atoms with E-state index in [4.69, 9.17) is 5.11 Å². The number of nitrogens with one attached hydrogen (secondary N) is 1. The smallest absolute Gasteiger partial charge is 0.309 e. The number of hydrogen-bond donors (Lipinski definition) is 2. The van der Waals surface area contributed by atoms with Gasteiger partial charge in [-0.3, -0.25) is 14.6 Å². The highest BCUT2D eigenvalue weighted by molar-refractivity contribution is 5.92. The molecule has 108 valence electrons. The van der Waals surface area contributed by atoms with E-state index in [-0.39, 0.29) is 12.3 Å². The van der Waals surface area contributed by atoms with Crippen LogP contribution in [0.25, 0.3) is 0 Å². The normalized spacial score (nSPS) is 10.1. The minimum Gasteiger partial charge on any atom is -0.481 e. The fourth-order valence-corrected chi connectivity index (χ4v) is 1.97. The summed E-state index contributed by atoms with van der Waals surface area (Å²) < 4.78 is 0. The van der Waals surface area contributed by atoms with Crippen LogP contribution in [0.1, 0.15) is 16.8 Å². The number of benzene rings is 1. The van der Waals surface area contributed by atoms with E-state index in [9.17, 15) is 9.59 Å². The predicted molar refractivity (Wildman–Crippen MR) is 79.1 cm³/mol. The molecule has 0 aliphatic carbocycles. The first kappa shape index (κ1) is 14.7. The maximum Gasteiger partial charge on any atom is 0.309 e. The molecular formula is C16H16N2O3. The molecule has 0 saturated carbocycles. The van der Waals surface area contributed by atoms with Gasteiger partial charge in [0.15, 0.2) is 0 Å². The second-order valence-corrected chi connectivity index (χ2v) is 4.82. The Balaban J connectivity index is 1.95. The minimum atomic E-state index is -0.932. The number of hydrogen-bond acceptors (Lipinski definition) is 3. The van der Waals surface area contributed by atoms with Gasteiger partial charge >= 0.3 is 5.97 Å². The van der Waals surface area contributed by atoms with Gasteiger partial charge in [0.2, 0.25) is 5.91 Å². The summed E-state index contributed by atoms with van der Waals surface area (Å²) in [4.78, 5) is 26.5. The Kier molecular flexibility index (Phi) is 4.66. The van der Waals surface area contributed by atoms with E-state index in [0.29, 0.717) is 17.8 Å². The Morgan fingerprint density at radius 2 is 2.00 bits per heavy atom. The molecule has 1 aromatic heterocycles. The van der Waals surface area contributed by atoms with E-state index in [2.05, 4.69) is 10.3 Å². The Morgan fingerprint density at radius 1 is 1.19 bits per heavy atom. The number of carbonyl (C=O) groups excluding carboxylic acids is 1. The fraction of sp³-hybridized carbons (Fsp3) is 0.188. The molecule has 0 aliphatic heterocycles. The molecule has 2 aromatic rings. The summed E-state index contributed by atoms with van der Waals surface area (Å²) >= 11 is 0. The van der Waals surface area contributed by atoms with Crippen LogP contribution in [0.4, 0.5) is 5.69 Å². The Hall–Kier alpha value is -2.69. The second kappa shape index (κ2) is 6.65. The predicted octanol–water partition coefficient (Wildman–Crippen LogP) is 2.20. The van der Waals surface area contributed by atoms with Gasteiger partial charge in [-0.25, -0.2) is 0 Å². The highest BCUT2D eigenvalue weighted by Crippen LogP contribution is 2.09. The fourth-order valence-electron chi connectivity index (χ4n) is 1.97. The molecule has 2 rings (SSSR count). The highest BCUT2D eigenvalue weighted by Gasteiger charge is 2.06. The van der Waals surface area contributed by atoms with Gasteiger partial charge in [0.1, 0.15) is 0 Å². The van der Waals surface area contributed by atoms with Crippen molar-refractivity contribution in [2.24, 2.45) is 0 Å². The van der Waals surface area contributed by atoms with Crippen molar-refractivity contribution in [2.45, 2.75) is 19.8 Å². The quantitative estimate of drug-likeness (QED) is 0.882. The van der Waals surface area contributed by atoms with Crippen LogP contribution in [0.2, 0.25) is 0 Å². The molecule has 1 aromatic carbocycles. The first-order valence-corrected chi connectivity index (χ1v) is 6.55. The zero-order chi connectivity index (χ0) is 15.2. The summed E-state index contributed by atoms with van der Waals surface area (Å²) in [5.41, 5.74) is 3.07. The molecular weight excluding hydrogens is 268 g/mol. The van der Waals surface area contributed by atoms with E-state index in [0.717, 1.165) is 11.1 Å². The van der Waals surface area contributed by atoms with Crippen molar-refractivity contribution in [1.29, 1.82) is 0 Å². The number of aryl methyl sites for hydroxylation is 1. The molecule has 0 bridgehead atoms. The van der Waals surface area contributed by atoms with Crippen LogP contribution in [0.5, 0.6) is 0 Å². The molecule has 0 spiro atoms. The average Bonchev–Trinajstić information content (AvgIpc) is 2.40. The summed E-state index contributed by atoms with van der Waals surface area (Å²) in [7, 11) is 0. The number of nitrogens with zero attached hydrogens (tertiary/aromatic N) is 1. The monoisotopic (exact) mass is 284 g/mol. The zero-order valence-electron chi connectivity index (χ0n) is 11.7. The third-order valence-corrected chi connectivity index (χ3v) is 2.89. The summed E-state index contributed by atoms with van der Waals surface area (Å²) in [5.74, 6) is -1.06. The largest absolute Gasteiger partial charge is 0.481 e. The Bertz CT molecular complexity index is 651. The molecule has 0 radical (unpaired) electrons. The van der Waals surface area contributed by atoms with Crippen molar-refractivity contribution in [3.63, 3.8) is 0 Å². The van der Waals surface area contributed by atoms with Gasteiger partial charge in [-0.15, -0.1) is 0 Å². The topological polar surface area (TPSA) is 79.3 Å². The van der Waals surface area contributed by atoms with Crippen LogP contribution < -0.4 is 5.32 Å². The van der Waals surface area contributed by atoms with Gasteiger partial charge in [-0.05, 0) is 24.6 Å². The number of rotatable bonds is 5. The standard InChI is InChI=1S/C16H16N2O3/c1-11-3-2-4-12(7-11)8-15(19)18-14-6-5-13(17-10-14)9-16(20)21/h2-7,10H,8-9H2,1H3,(H,18,19)(H,20,21). The number of carboxylic acids is 1. The lowest BCUT2D eigenvalue weighted by molar-refractivity contribution is -0.136. The molecule has 1 heterocycles. The minimum absolute atomic E-state index is 0.127. The van der Waals surface area contributed by atoms with Gasteiger partial charge < -0.3 is 10.4 Å². The number of pyridine rings is 1. The highest BCUT2D eigenvalue weighted by atomic mass is 16.4. The molecule has 5 nitrogen and oxygen atoms in total. The van der Waals surface area contributed by atoms with E-state index < -0.39 is 5.97 Å². The van der Waals surface area contributed by atoms with Crippen LogP contribution in [0, 0.1) is 6.92 Å². The molecule has 0 aliphatic rings. The number of aliphatic carboxylic acids is 1. The van der Waals surface area contributed by atoms with Gasteiger partial charge in [0.25, 0.3) is 0 Å². The lowest BCUT2D eigenvalue weighted by Crippen LogP contribution is -2.14. The van der Waals surface area contributed by atoms with E-state index in [1.807, 2.05) is 31.2 Å². The summed E-state index contributed by atoms with van der Waals surface area (Å²) in [6.45, 7) is 1.98. The first-order chi connectivity index (χ1) is 10.0. The molecule has 5 heteroatoms. The van der Waals surface area contributed by atoms with Gasteiger partial charge in [-0.1, -0.05) is 29.8 Å². The lowest BCUT2D eigenvalue weighted by Gasteiger charge is -2.06. The Morgan fingerprint density at radius 3 is 2.62 bits per heavy atom. The van der Waals surface area contributed by atoms with Crippen molar-refractivity contribution in [3.8, 4) is 0 Å². The summed E-state index contributed by atoms with van der Waals surface area (Å²) in [6.07, 6.45) is 1.63. The van der Waals surface area contributed by atoms with Crippen molar-refractivity contribution < 1.29 is 14.7 Å². The molecule has 0 fully saturated rings.